The van der Waals surface area contributed by atoms with Crippen LogP contribution in [-0.2, 0) is 10.6 Å². The maximum Gasteiger partial charge on any atom is 0.315 e. The van der Waals surface area contributed by atoms with Crippen LogP contribution in [0.5, 0.6) is 0 Å². The summed E-state index contributed by atoms with van der Waals surface area (Å²) < 4.78 is 10.4. The Morgan fingerprint density at radius 1 is 1.50 bits per heavy atom. The third-order valence-corrected chi connectivity index (χ3v) is 1.64. The Morgan fingerprint density at radius 2 is 2.29 bits per heavy atom. The van der Waals surface area contributed by atoms with Crippen molar-refractivity contribution in [3.8, 4) is 0 Å². The van der Waals surface area contributed by atoms with E-state index in [9.17, 15) is 0 Å². The number of aromatic nitrogens is 2. The van der Waals surface area contributed by atoms with Crippen LogP contribution in [-0.4, -0.2) is 29.5 Å². The standard InChI is InChI=1S/C8H14ClN3O2/c1-6(2)13-4-3-10-8-12-11-7(5-9)14-8/h6H,3-5H2,1-2H3,(H,10,12). The van der Waals surface area contributed by atoms with Crippen LogP contribution >= 0.6 is 11.6 Å². The summed E-state index contributed by atoms with van der Waals surface area (Å²) >= 11 is 5.49. The number of anilines is 1. The summed E-state index contributed by atoms with van der Waals surface area (Å²) in [6, 6.07) is 0.382. The third kappa shape index (κ3) is 3.93. The molecular weight excluding hydrogens is 206 g/mol. The number of alkyl halides is 1. The van der Waals surface area contributed by atoms with Crippen molar-refractivity contribution >= 4 is 17.6 Å². The van der Waals surface area contributed by atoms with Gasteiger partial charge in [-0.25, -0.2) is 0 Å². The van der Waals surface area contributed by atoms with Crippen LogP contribution in [0.25, 0.3) is 0 Å². The van der Waals surface area contributed by atoms with Crippen LogP contribution in [0.3, 0.4) is 0 Å². The number of nitrogens with zero attached hydrogens (tertiary/aromatic N) is 2. The second-order valence-corrected chi connectivity index (χ2v) is 3.25. The van der Waals surface area contributed by atoms with E-state index in [1.807, 2.05) is 13.8 Å². The first kappa shape index (κ1) is 11.3. The van der Waals surface area contributed by atoms with Crippen LogP contribution in [0.15, 0.2) is 4.42 Å². The topological polar surface area (TPSA) is 60.2 Å². The van der Waals surface area contributed by atoms with Crippen molar-refractivity contribution in [1.82, 2.24) is 10.2 Å². The largest absolute Gasteiger partial charge is 0.407 e. The first-order chi connectivity index (χ1) is 6.72. The van der Waals surface area contributed by atoms with Gasteiger partial charge in [0.25, 0.3) is 0 Å². The van der Waals surface area contributed by atoms with Gasteiger partial charge in [0.05, 0.1) is 12.7 Å². The minimum Gasteiger partial charge on any atom is -0.407 e. The number of rotatable bonds is 6. The molecule has 1 N–H and O–H groups in total. The van der Waals surface area contributed by atoms with Gasteiger partial charge in [-0.2, -0.15) is 0 Å². The zero-order valence-electron chi connectivity index (χ0n) is 8.29. The summed E-state index contributed by atoms with van der Waals surface area (Å²) in [6.45, 7) is 5.22. The smallest absolute Gasteiger partial charge is 0.315 e. The molecule has 1 aromatic heterocycles. The molecule has 0 bridgehead atoms. The van der Waals surface area contributed by atoms with Crippen molar-refractivity contribution < 1.29 is 9.15 Å². The first-order valence-electron chi connectivity index (χ1n) is 4.46. The molecule has 1 aromatic rings. The van der Waals surface area contributed by atoms with Gasteiger partial charge in [0.15, 0.2) is 0 Å². The van der Waals surface area contributed by atoms with Gasteiger partial charge in [0.1, 0.15) is 5.88 Å². The molecule has 0 aromatic carbocycles. The van der Waals surface area contributed by atoms with E-state index in [0.29, 0.717) is 25.1 Å². The second-order valence-electron chi connectivity index (χ2n) is 2.98. The normalized spacial score (nSPS) is 10.9. The molecular formula is C8H14ClN3O2. The highest BCUT2D eigenvalue weighted by atomic mass is 35.5. The highest BCUT2D eigenvalue weighted by molar-refractivity contribution is 6.16. The molecule has 0 radical (unpaired) electrons. The maximum atomic E-state index is 5.49. The van der Waals surface area contributed by atoms with Gasteiger partial charge in [-0.1, -0.05) is 5.10 Å². The zero-order valence-corrected chi connectivity index (χ0v) is 9.04. The number of hydrogen-bond donors (Lipinski definition) is 1. The fourth-order valence-corrected chi connectivity index (χ4v) is 0.940. The predicted molar refractivity (Wildman–Crippen MR) is 53.4 cm³/mol. The van der Waals surface area contributed by atoms with Crippen molar-refractivity contribution in [2.24, 2.45) is 0 Å². The van der Waals surface area contributed by atoms with Gasteiger partial charge in [-0.3, -0.25) is 0 Å². The predicted octanol–water partition coefficient (Wildman–Crippen LogP) is 1.65. The number of ether oxygens (including phenoxy) is 1. The van der Waals surface area contributed by atoms with E-state index in [1.165, 1.54) is 0 Å². The van der Waals surface area contributed by atoms with Gasteiger partial charge in [-0.15, -0.1) is 16.7 Å². The quantitative estimate of drug-likeness (QED) is 0.582. The summed E-state index contributed by atoms with van der Waals surface area (Å²) in [4.78, 5) is 0. The van der Waals surface area contributed by atoms with E-state index in [1.54, 1.807) is 0 Å². The molecule has 0 unspecified atom stereocenters. The SMILES string of the molecule is CC(C)OCCNc1nnc(CCl)o1. The van der Waals surface area contributed by atoms with Gasteiger partial charge >= 0.3 is 6.01 Å². The fourth-order valence-electron chi connectivity index (χ4n) is 0.832. The molecule has 0 aliphatic heterocycles. The van der Waals surface area contributed by atoms with Crippen LogP contribution in [0, 0.1) is 0 Å². The Balaban J connectivity index is 2.18. The maximum absolute atomic E-state index is 5.49. The molecule has 14 heavy (non-hydrogen) atoms. The van der Waals surface area contributed by atoms with Crippen molar-refractivity contribution in [3.05, 3.63) is 5.89 Å². The molecule has 0 aliphatic rings. The second kappa shape index (κ2) is 5.82. The molecule has 0 amide bonds. The highest BCUT2D eigenvalue weighted by Gasteiger charge is 2.03. The molecule has 6 heteroatoms. The van der Waals surface area contributed by atoms with E-state index in [4.69, 9.17) is 20.8 Å². The molecule has 0 atom stereocenters. The molecule has 5 nitrogen and oxygen atoms in total. The molecule has 0 fully saturated rings. The summed E-state index contributed by atoms with van der Waals surface area (Å²) in [5.41, 5.74) is 0. The van der Waals surface area contributed by atoms with Crippen molar-refractivity contribution in [3.63, 3.8) is 0 Å². The van der Waals surface area contributed by atoms with Crippen molar-refractivity contribution in [2.75, 3.05) is 18.5 Å². The molecule has 0 spiro atoms. The van der Waals surface area contributed by atoms with E-state index in [-0.39, 0.29) is 12.0 Å². The molecule has 1 heterocycles. The molecule has 0 saturated carbocycles. The van der Waals surface area contributed by atoms with Gasteiger partial charge in [0, 0.05) is 6.54 Å². The van der Waals surface area contributed by atoms with E-state index < -0.39 is 0 Å². The van der Waals surface area contributed by atoms with Crippen molar-refractivity contribution in [1.29, 1.82) is 0 Å². The third-order valence-electron chi connectivity index (χ3n) is 1.41. The minimum absolute atomic E-state index is 0.233. The molecule has 0 saturated heterocycles. The Kier molecular flexibility index (Phi) is 4.69. The Labute approximate surface area is 87.8 Å². The lowest BCUT2D eigenvalue weighted by molar-refractivity contribution is 0.0868. The highest BCUT2D eigenvalue weighted by Crippen LogP contribution is 2.06. The zero-order chi connectivity index (χ0) is 10.4. The summed E-state index contributed by atoms with van der Waals surface area (Å²) in [6.07, 6.45) is 0.234. The van der Waals surface area contributed by atoms with Crippen molar-refractivity contribution in [2.45, 2.75) is 25.8 Å². The van der Waals surface area contributed by atoms with Crippen LogP contribution in [0.2, 0.25) is 0 Å². The Bertz CT molecular complexity index is 265. The average Bonchev–Trinajstić information content (AvgIpc) is 2.60. The number of hydrogen-bond acceptors (Lipinski definition) is 5. The van der Waals surface area contributed by atoms with E-state index in [0.717, 1.165) is 0 Å². The lowest BCUT2D eigenvalue weighted by Crippen LogP contribution is -2.13. The average molecular weight is 220 g/mol. The van der Waals surface area contributed by atoms with Crippen LogP contribution in [0.4, 0.5) is 6.01 Å². The Morgan fingerprint density at radius 3 is 2.86 bits per heavy atom. The molecule has 1 rings (SSSR count). The van der Waals surface area contributed by atoms with Crippen LogP contribution in [0.1, 0.15) is 19.7 Å². The van der Waals surface area contributed by atoms with E-state index in [2.05, 4.69) is 15.5 Å². The fraction of sp³-hybridized carbons (Fsp3) is 0.750. The minimum atomic E-state index is 0.233. The van der Waals surface area contributed by atoms with E-state index >= 15 is 0 Å². The lowest BCUT2D eigenvalue weighted by Gasteiger charge is -2.06. The van der Waals surface area contributed by atoms with Gasteiger partial charge in [0.2, 0.25) is 5.89 Å². The number of halogens is 1. The Hall–Kier alpha value is -0.810. The molecule has 0 aliphatic carbocycles. The van der Waals surface area contributed by atoms with Gasteiger partial charge in [-0.05, 0) is 13.8 Å². The monoisotopic (exact) mass is 219 g/mol. The number of nitrogens with one attached hydrogen (secondary N) is 1. The van der Waals surface area contributed by atoms with Gasteiger partial charge < -0.3 is 14.5 Å². The summed E-state index contributed by atoms with van der Waals surface area (Å²) in [5.74, 6) is 0.649. The summed E-state index contributed by atoms with van der Waals surface area (Å²) in [5, 5.41) is 10.4. The summed E-state index contributed by atoms with van der Waals surface area (Å²) in [7, 11) is 0. The lowest BCUT2D eigenvalue weighted by atomic mass is 10.5. The molecule has 80 valence electrons. The van der Waals surface area contributed by atoms with Crippen LogP contribution < -0.4 is 5.32 Å². The first-order valence-corrected chi connectivity index (χ1v) is 4.99.